The topological polar surface area (TPSA) is 87.0 Å². The molecule has 1 unspecified atom stereocenters. The third kappa shape index (κ3) is 1.25. The highest BCUT2D eigenvalue weighted by Crippen LogP contribution is 2.69. The zero-order valence-electron chi connectivity index (χ0n) is 12.1. The number of carbonyl (C=O) groups is 1. The first-order chi connectivity index (χ1) is 9.06. The average Bonchev–Trinajstić information content (AvgIpc) is 2.60. The van der Waals surface area contributed by atoms with Crippen LogP contribution >= 0.6 is 0 Å². The number of ketones is 1. The number of fused-ring (bicyclic) bond motifs is 1. The van der Waals surface area contributed by atoms with Crippen LogP contribution in [0.1, 0.15) is 40.0 Å². The van der Waals surface area contributed by atoms with E-state index in [-0.39, 0.29) is 24.0 Å². The van der Waals surface area contributed by atoms with E-state index in [1.165, 1.54) is 6.08 Å². The molecule has 0 aromatic heterocycles. The number of rotatable bonds is 1. The molecule has 1 aliphatic heterocycles. The van der Waals surface area contributed by atoms with Gasteiger partial charge in [-0.1, -0.05) is 19.9 Å². The second kappa shape index (κ2) is 3.53. The van der Waals surface area contributed by atoms with Gasteiger partial charge in [0.25, 0.3) is 0 Å². The predicted octanol–water partition coefficient (Wildman–Crippen LogP) is 0.523. The van der Waals surface area contributed by atoms with Crippen molar-refractivity contribution in [1.29, 1.82) is 0 Å². The van der Waals surface area contributed by atoms with E-state index in [1.807, 2.05) is 19.9 Å². The second-order valence-electron chi connectivity index (χ2n) is 7.29. The molecule has 0 aromatic carbocycles. The summed E-state index contributed by atoms with van der Waals surface area (Å²) in [4.78, 5) is 12.4. The van der Waals surface area contributed by atoms with Crippen molar-refractivity contribution < 1.29 is 24.9 Å². The van der Waals surface area contributed by atoms with E-state index in [0.29, 0.717) is 6.42 Å². The lowest BCUT2D eigenvalue weighted by Gasteiger charge is -2.54. The van der Waals surface area contributed by atoms with Gasteiger partial charge in [0.15, 0.2) is 11.6 Å². The van der Waals surface area contributed by atoms with E-state index in [1.54, 1.807) is 6.92 Å². The highest BCUT2D eigenvalue weighted by molar-refractivity contribution is 5.99. The summed E-state index contributed by atoms with van der Waals surface area (Å²) in [6, 6.07) is 0. The van der Waals surface area contributed by atoms with Crippen LogP contribution in [0.2, 0.25) is 0 Å². The third-order valence-electron chi connectivity index (χ3n) is 6.14. The fraction of sp³-hybridized carbons (Fsp3) is 0.800. The maximum Gasteiger partial charge on any atom is 0.199 e. The molecule has 0 amide bonds. The highest BCUT2D eigenvalue weighted by atomic mass is 16.7. The van der Waals surface area contributed by atoms with E-state index < -0.39 is 29.0 Å². The lowest BCUT2D eigenvalue weighted by molar-refractivity contribution is -0.308. The van der Waals surface area contributed by atoms with E-state index >= 15 is 0 Å². The van der Waals surface area contributed by atoms with Crippen molar-refractivity contribution in [3.63, 3.8) is 0 Å². The first-order valence-corrected chi connectivity index (χ1v) is 7.05. The molecule has 2 aliphatic carbocycles. The van der Waals surface area contributed by atoms with Gasteiger partial charge >= 0.3 is 0 Å². The Balaban J connectivity index is 2.20. The molecule has 5 nitrogen and oxygen atoms in total. The SMILES string of the molecule is CC1(C)C=CC(=O)[C@]2(C)O[C@]3(O)C[C@]12CCC3(O)CO. The number of allylic oxidation sites excluding steroid dienone is 1. The summed E-state index contributed by atoms with van der Waals surface area (Å²) < 4.78 is 5.75. The quantitative estimate of drug-likeness (QED) is 0.653. The summed E-state index contributed by atoms with van der Waals surface area (Å²) in [7, 11) is 0. The van der Waals surface area contributed by atoms with Crippen LogP contribution in [0.5, 0.6) is 0 Å². The van der Waals surface area contributed by atoms with Gasteiger partial charge in [-0.15, -0.1) is 0 Å². The van der Waals surface area contributed by atoms with Crippen molar-refractivity contribution >= 4 is 5.78 Å². The number of hydrogen-bond acceptors (Lipinski definition) is 5. The molecule has 1 spiro atoms. The standard InChI is InChI=1S/C15H22O5/c1-11(2)5-4-10(17)12(3)13(11)6-7-14(18,9-16)15(19,8-13)20-12/h4-5,16,18-19H,6-9H2,1-3H3/t12-,13+,14?,15+/m0/s1. The van der Waals surface area contributed by atoms with Crippen LogP contribution in [-0.4, -0.2) is 44.7 Å². The maximum atomic E-state index is 12.4. The van der Waals surface area contributed by atoms with Gasteiger partial charge in [-0.2, -0.15) is 0 Å². The number of aliphatic hydroxyl groups is 3. The van der Waals surface area contributed by atoms with Crippen molar-refractivity contribution in [1.82, 2.24) is 0 Å². The Morgan fingerprint density at radius 3 is 2.50 bits per heavy atom. The molecule has 2 bridgehead atoms. The van der Waals surface area contributed by atoms with Crippen LogP contribution in [0, 0.1) is 10.8 Å². The average molecular weight is 282 g/mol. The van der Waals surface area contributed by atoms with E-state index in [4.69, 9.17) is 4.74 Å². The van der Waals surface area contributed by atoms with Crippen molar-refractivity contribution in [3.8, 4) is 0 Å². The smallest absolute Gasteiger partial charge is 0.199 e. The van der Waals surface area contributed by atoms with Crippen molar-refractivity contribution in [2.75, 3.05) is 6.61 Å². The molecular weight excluding hydrogens is 260 g/mol. The largest absolute Gasteiger partial charge is 0.393 e. The van der Waals surface area contributed by atoms with Gasteiger partial charge in [0.1, 0.15) is 11.2 Å². The van der Waals surface area contributed by atoms with E-state index in [2.05, 4.69) is 0 Å². The molecule has 1 saturated heterocycles. The molecule has 4 atom stereocenters. The minimum atomic E-state index is -1.88. The van der Waals surface area contributed by atoms with Crippen LogP contribution in [-0.2, 0) is 9.53 Å². The predicted molar refractivity (Wildman–Crippen MR) is 70.7 cm³/mol. The Bertz CT molecular complexity index is 512. The fourth-order valence-electron chi connectivity index (χ4n) is 4.51. The maximum absolute atomic E-state index is 12.4. The van der Waals surface area contributed by atoms with E-state index in [0.717, 1.165) is 0 Å². The summed E-state index contributed by atoms with van der Waals surface area (Å²) in [5.74, 6) is -2.07. The molecule has 20 heavy (non-hydrogen) atoms. The van der Waals surface area contributed by atoms with Crippen LogP contribution < -0.4 is 0 Å². The second-order valence-corrected chi connectivity index (χ2v) is 7.29. The van der Waals surface area contributed by atoms with Crippen molar-refractivity contribution in [2.45, 2.75) is 57.0 Å². The third-order valence-corrected chi connectivity index (χ3v) is 6.14. The summed E-state index contributed by atoms with van der Waals surface area (Å²) in [5.41, 5.74) is -3.78. The highest BCUT2D eigenvalue weighted by Gasteiger charge is 2.77. The Morgan fingerprint density at radius 2 is 1.90 bits per heavy atom. The molecule has 5 heteroatoms. The Labute approximate surface area is 118 Å². The molecule has 0 aromatic rings. The Kier molecular flexibility index (Phi) is 2.50. The van der Waals surface area contributed by atoms with E-state index in [9.17, 15) is 20.1 Å². The van der Waals surface area contributed by atoms with Gasteiger partial charge in [0.05, 0.1) is 6.61 Å². The molecule has 2 fully saturated rings. The van der Waals surface area contributed by atoms with Crippen LogP contribution in [0.15, 0.2) is 12.2 Å². The van der Waals surface area contributed by atoms with Gasteiger partial charge in [-0.25, -0.2) is 0 Å². The van der Waals surface area contributed by atoms with Crippen molar-refractivity contribution in [2.24, 2.45) is 10.8 Å². The van der Waals surface area contributed by atoms with Gasteiger partial charge < -0.3 is 20.1 Å². The summed E-state index contributed by atoms with van der Waals surface area (Å²) in [5, 5.41) is 30.7. The molecular formula is C15H22O5. The zero-order valence-corrected chi connectivity index (χ0v) is 12.1. The lowest BCUT2D eigenvalue weighted by atomic mass is 9.48. The molecule has 0 radical (unpaired) electrons. The summed E-state index contributed by atoms with van der Waals surface area (Å²) in [6.07, 6.45) is 4.26. The number of carbonyl (C=O) groups excluding carboxylic acids is 1. The summed E-state index contributed by atoms with van der Waals surface area (Å²) >= 11 is 0. The minimum Gasteiger partial charge on any atom is -0.393 e. The van der Waals surface area contributed by atoms with Gasteiger partial charge in [-0.05, 0) is 31.3 Å². The normalized spacial score (nSPS) is 53.0. The number of hydrogen-bond donors (Lipinski definition) is 3. The Hall–Kier alpha value is -0.750. The monoisotopic (exact) mass is 282 g/mol. The minimum absolute atomic E-state index is 0.149. The molecule has 112 valence electrons. The molecule has 1 saturated carbocycles. The number of ether oxygens (including phenoxy) is 1. The van der Waals surface area contributed by atoms with Crippen molar-refractivity contribution in [3.05, 3.63) is 12.2 Å². The molecule has 1 heterocycles. The van der Waals surface area contributed by atoms with Gasteiger partial charge in [0.2, 0.25) is 0 Å². The fourth-order valence-corrected chi connectivity index (χ4v) is 4.51. The van der Waals surface area contributed by atoms with Gasteiger partial charge in [0, 0.05) is 11.8 Å². The molecule has 3 N–H and O–H groups in total. The lowest BCUT2D eigenvalue weighted by Crippen LogP contribution is -2.61. The molecule has 3 rings (SSSR count). The number of aliphatic hydroxyl groups excluding tert-OH is 1. The van der Waals surface area contributed by atoms with Crippen LogP contribution in [0.3, 0.4) is 0 Å². The van der Waals surface area contributed by atoms with Gasteiger partial charge in [-0.3, -0.25) is 4.79 Å². The first-order valence-electron chi connectivity index (χ1n) is 7.05. The zero-order chi connectivity index (χ0) is 15.0. The van der Waals surface area contributed by atoms with Crippen LogP contribution in [0.25, 0.3) is 0 Å². The van der Waals surface area contributed by atoms with Crippen LogP contribution in [0.4, 0.5) is 0 Å². The Morgan fingerprint density at radius 1 is 1.25 bits per heavy atom. The summed E-state index contributed by atoms with van der Waals surface area (Å²) in [6.45, 7) is 5.15. The first kappa shape index (κ1) is 14.2. The molecule has 3 aliphatic rings.